The maximum Gasteiger partial charge on any atom is 0.319 e. The van der Waals surface area contributed by atoms with E-state index in [9.17, 15) is 4.79 Å². The second-order valence-electron chi connectivity index (χ2n) is 2.90. The molecule has 1 fully saturated rings. The van der Waals surface area contributed by atoms with Gasteiger partial charge >= 0.3 is 5.97 Å². The molecule has 0 radical (unpaired) electrons. The van der Waals surface area contributed by atoms with Gasteiger partial charge in [-0.15, -0.1) is 0 Å². The summed E-state index contributed by atoms with van der Waals surface area (Å²) in [5.41, 5.74) is 0. The van der Waals surface area contributed by atoms with Crippen LogP contribution < -0.4 is 0 Å². The average Bonchev–Trinajstić information content (AvgIpc) is 2.31. The van der Waals surface area contributed by atoms with Gasteiger partial charge in [0.2, 0.25) is 0 Å². The molecule has 1 aliphatic heterocycles. The summed E-state index contributed by atoms with van der Waals surface area (Å²) in [4.78, 5) is 12.4. The van der Waals surface area contributed by atoms with Crippen LogP contribution in [-0.4, -0.2) is 60.0 Å². The lowest BCUT2D eigenvalue weighted by atomic mass is 10.3. The molecule has 0 saturated carbocycles. The van der Waals surface area contributed by atoms with Crippen LogP contribution in [0.4, 0.5) is 0 Å². The van der Waals surface area contributed by atoms with Crippen molar-refractivity contribution in [2.45, 2.75) is 12.2 Å². The van der Waals surface area contributed by atoms with Gasteiger partial charge < -0.3 is 14.9 Å². The maximum atomic E-state index is 10.8. The van der Waals surface area contributed by atoms with Crippen molar-refractivity contribution in [3.8, 4) is 0 Å². The first kappa shape index (κ1) is 9.44. The molecular formula is C7H13NO4. The van der Waals surface area contributed by atoms with Gasteiger partial charge in [0.1, 0.15) is 0 Å². The van der Waals surface area contributed by atoms with Gasteiger partial charge in [0.15, 0.2) is 0 Å². The van der Waals surface area contributed by atoms with Crippen molar-refractivity contribution in [2.24, 2.45) is 0 Å². The van der Waals surface area contributed by atoms with Crippen molar-refractivity contribution in [3.63, 3.8) is 0 Å². The van der Waals surface area contributed by atoms with Crippen LogP contribution in [0.25, 0.3) is 0 Å². The fraction of sp³-hybridized carbons (Fsp3) is 0.857. The number of carbonyl (C=O) groups is 1. The summed E-state index contributed by atoms with van der Waals surface area (Å²) in [7, 11) is 1.31. The fourth-order valence-corrected chi connectivity index (χ4v) is 1.22. The van der Waals surface area contributed by atoms with E-state index in [1.807, 2.05) is 0 Å². The van der Waals surface area contributed by atoms with Crippen LogP contribution in [-0.2, 0) is 9.53 Å². The van der Waals surface area contributed by atoms with Crippen molar-refractivity contribution in [1.82, 2.24) is 4.90 Å². The molecule has 2 atom stereocenters. The highest BCUT2D eigenvalue weighted by Gasteiger charge is 2.30. The van der Waals surface area contributed by atoms with E-state index in [1.54, 1.807) is 4.90 Å². The minimum absolute atomic E-state index is 0.130. The van der Waals surface area contributed by atoms with Crippen LogP contribution in [0.1, 0.15) is 0 Å². The number of nitrogens with zero attached hydrogens (tertiary/aromatic N) is 1. The molecule has 5 heteroatoms. The Balaban J connectivity index is 2.32. The number of hydrogen-bond acceptors (Lipinski definition) is 5. The molecule has 0 amide bonds. The van der Waals surface area contributed by atoms with Crippen LogP contribution in [0.5, 0.6) is 0 Å². The van der Waals surface area contributed by atoms with Crippen molar-refractivity contribution < 1.29 is 19.7 Å². The number of carbonyl (C=O) groups excluding carboxylic acids is 1. The molecule has 1 saturated heterocycles. The number of ether oxygens (including phenoxy) is 1. The highest BCUT2D eigenvalue weighted by atomic mass is 16.5. The Morgan fingerprint density at radius 2 is 2.00 bits per heavy atom. The highest BCUT2D eigenvalue weighted by molar-refractivity contribution is 5.71. The number of aliphatic hydroxyl groups excluding tert-OH is 2. The van der Waals surface area contributed by atoms with Crippen LogP contribution in [0.15, 0.2) is 0 Å². The van der Waals surface area contributed by atoms with Gasteiger partial charge in [0.25, 0.3) is 0 Å². The Kier molecular flexibility index (Phi) is 3.02. The Bertz CT molecular complexity index is 163. The first-order valence-electron chi connectivity index (χ1n) is 3.78. The SMILES string of the molecule is COC(=O)CN1C[C@@H](O)[C@@H](O)C1. The second-order valence-corrected chi connectivity index (χ2v) is 2.90. The zero-order valence-electron chi connectivity index (χ0n) is 6.93. The van der Waals surface area contributed by atoms with Crippen molar-refractivity contribution >= 4 is 5.97 Å². The third kappa shape index (κ3) is 2.17. The molecule has 0 spiro atoms. The monoisotopic (exact) mass is 175 g/mol. The molecule has 70 valence electrons. The minimum atomic E-state index is -0.741. The summed E-state index contributed by atoms with van der Waals surface area (Å²) in [6, 6.07) is 0. The smallest absolute Gasteiger partial charge is 0.319 e. The standard InChI is InChI=1S/C7H13NO4/c1-12-7(11)4-8-2-5(9)6(10)3-8/h5-6,9-10H,2-4H2,1H3/t5-,6+. The summed E-state index contributed by atoms with van der Waals surface area (Å²) in [5.74, 6) is -0.351. The topological polar surface area (TPSA) is 70.0 Å². The maximum absolute atomic E-state index is 10.8. The van der Waals surface area contributed by atoms with E-state index in [0.717, 1.165) is 0 Å². The molecule has 1 aliphatic rings. The van der Waals surface area contributed by atoms with Gasteiger partial charge in [-0.3, -0.25) is 9.69 Å². The quantitative estimate of drug-likeness (QED) is 0.484. The number of β-amino-alcohol motifs (C(OH)–C–C–N with tert-alkyl or cyclic N) is 2. The molecule has 2 N–H and O–H groups in total. The van der Waals surface area contributed by atoms with E-state index in [-0.39, 0.29) is 12.5 Å². The number of hydrogen-bond donors (Lipinski definition) is 2. The molecule has 0 aliphatic carbocycles. The second kappa shape index (κ2) is 3.84. The van der Waals surface area contributed by atoms with Gasteiger partial charge in [0, 0.05) is 13.1 Å². The normalized spacial score (nSPS) is 30.6. The van der Waals surface area contributed by atoms with Crippen molar-refractivity contribution in [2.75, 3.05) is 26.7 Å². The van der Waals surface area contributed by atoms with Gasteiger partial charge in [0.05, 0.1) is 25.9 Å². The lowest BCUT2D eigenvalue weighted by Crippen LogP contribution is -2.29. The number of esters is 1. The van der Waals surface area contributed by atoms with E-state index in [4.69, 9.17) is 10.2 Å². The van der Waals surface area contributed by atoms with E-state index in [1.165, 1.54) is 7.11 Å². The van der Waals surface area contributed by atoms with Crippen molar-refractivity contribution in [3.05, 3.63) is 0 Å². The summed E-state index contributed by atoms with van der Waals surface area (Å²) in [5, 5.41) is 18.2. The molecule has 5 nitrogen and oxygen atoms in total. The molecule has 0 aromatic carbocycles. The van der Waals surface area contributed by atoms with Crippen molar-refractivity contribution in [1.29, 1.82) is 0 Å². The molecule has 12 heavy (non-hydrogen) atoms. The molecule has 0 bridgehead atoms. The number of methoxy groups -OCH3 is 1. The summed E-state index contributed by atoms with van der Waals surface area (Å²) in [6.07, 6.45) is -1.48. The number of likely N-dealkylation sites (tertiary alicyclic amines) is 1. The summed E-state index contributed by atoms with van der Waals surface area (Å²) >= 11 is 0. The summed E-state index contributed by atoms with van der Waals surface area (Å²) in [6.45, 7) is 0.789. The fourth-order valence-electron chi connectivity index (χ4n) is 1.22. The Morgan fingerprint density at radius 3 is 2.42 bits per heavy atom. The van der Waals surface area contributed by atoms with E-state index < -0.39 is 12.2 Å². The van der Waals surface area contributed by atoms with Crippen LogP contribution in [0.3, 0.4) is 0 Å². The third-order valence-corrected chi connectivity index (χ3v) is 1.92. The molecule has 0 aromatic rings. The molecular weight excluding hydrogens is 162 g/mol. The largest absolute Gasteiger partial charge is 0.468 e. The van der Waals surface area contributed by atoms with Gasteiger partial charge in [-0.05, 0) is 0 Å². The highest BCUT2D eigenvalue weighted by Crippen LogP contribution is 2.08. The molecule has 1 rings (SSSR count). The molecule has 0 unspecified atom stereocenters. The van der Waals surface area contributed by atoms with Gasteiger partial charge in [-0.2, -0.15) is 0 Å². The van der Waals surface area contributed by atoms with E-state index >= 15 is 0 Å². The van der Waals surface area contributed by atoms with Crippen LogP contribution in [0, 0.1) is 0 Å². The zero-order valence-corrected chi connectivity index (χ0v) is 6.93. The molecule has 1 heterocycles. The minimum Gasteiger partial charge on any atom is -0.468 e. The lowest BCUT2D eigenvalue weighted by molar-refractivity contribution is -0.141. The third-order valence-electron chi connectivity index (χ3n) is 1.92. The lowest BCUT2D eigenvalue weighted by Gasteiger charge is -2.11. The van der Waals surface area contributed by atoms with Gasteiger partial charge in [-0.25, -0.2) is 0 Å². The summed E-state index contributed by atoms with van der Waals surface area (Å²) < 4.78 is 4.44. The predicted molar refractivity (Wildman–Crippen MR) is 40.5 cm³/mol. The van der Waals surface area contributed by atoms with Crippen LogP contribution >= 0.6 is 0 Å². The van der Waals surface area contributed by atoms with Crippen LogP contribution in [0.2, 0.25) is 0 Å². The molecule has 0 aromatic heterocycles. The van der Waals surface area contributed by atoms with E-state index in [0.29, 0.717) is 13.1 Å². The Morgan fingerprint density at radius 1 is 1.50 bits per heavy atom. The van der Waals surface area contributed by atoms with E-state index in [2.05, 4.69) is 4.74 Å². The first-order chi connectivity index (χ1) is 5.63. The average molecular weight is 175 g/mol. The Labute approximate surface area is 70.5 Å². The van der Waals surface area contributed by atoms with Gasteiger partial charge in [-0.1, -0.05) is 0 Å². The first-order valence-corrected chi connectivity index (χ1v) is 3.78. The Hall–Kier alpha value is -0.650. The predicted octanol–water partition coefficient (Wildman–Crippen LogP) is -1.80. The number of aliphatic hydroxyl groups is 2. The zero-order chi connectivity index (χ0) is 9.14. The number of rotatable bonds is 2.